The molecule has 1 amide bonds. The Morgan fingerprint density at radius 3 is 2.62 bits per heavy atom. The third-order valence-electron chi connectivity index (χ3n) is 7.60. The average molecular weight is 462 g/mol. The smallest absolute Gasteiger partial charge is 0.251 e. The topological polar surface area (TPSA) is 60.5 Å². The van der Waals surface area contributed by atoms with Gasteiger partial charge in [0.1, 0.15) is 11.6 Å². The number of carbonyl (C=O) groups is 1. The van der Waals surface area contributed by atoms with Crippen molar-refractivity contribution in [3.63, 3.8) is 0 Å². The summed E-state index contributed by atoms with van der Waals surface area (Å²) in [6, 6.07) is 13.2. The Balaban J connectivity index is 1.19. The van der Waals surface area contributed by atoms with Gasteiger partial charge in [0.05, 0.1) is 0 Å². The third-order valence-corrected chi connectivity index (χ3v) is 7.60. The first-order valence-electron chi connectivity index (χ1n) is 13.2. The van der Waals surface area contributed by atoms with E-state index in [4.69, 9.17) is 4.98 Å². The second-order valence-electron chi connectivity index (χ2n) is 10.5. The van der Waals surface area contributed by atoms with Gasteiger partial charge in [0.25, 0.3) is 5.91 Å². The predicted octanol–water partition coefficient (Wildman–Crippen LogP) is 4.46. The molecule has 2 N–H and O–H groups in total. The summed E-state index contributed by atoms with van der Waals surface area (Å²) < 4.78 is 0. The lowest BCUT2D eigenvalue weighted by molar-refractivity contribution is 0.0943. The van der Waals surface area contributed by atoms with Crippen LogP contribution in [0.5, 0.6) is 0 Å². The molecule has 1 saturated heterocycles. The number of anilines is 2. The Hall–Kier alpha value is -2.60. The maximum atomic E-state index is 13.2. The van der Waals surface area contributed by atoms with Gasteiger partial charge in [-0.2, -0.15) is 0 Å². The maximum absolute atomic E-state index is 13.2. The normalized spacial score (nSPS) is 19.7. The standard InChI is InChI=1S/C28H39N5O/c1-21(19-32-15-12-22-8-3-4-9-23(22)20-32)18-29-28(34)24-16-26(30-25-10-7-11-25)31-27(17-24)33-13-5-2-6-14-33/h3-4,8-9,16-17,21,25H,2,5-7,10-15,18-20H2,1H3,(H,29,34)(H,30,31)/t21-/m0/s1. The summed E-state index contributed by atoms with van der Waals surface area (Å²) in [4.78, 5) is 22.9. The van der Waals surface area contributed by atoms with Crippen molar-refractivity contribution in [2.45, 2.75) is 64.5 Å². The molecule has 0 radical (unpaired) electrons. The van der Waals surface area contributed by atoms with Gasteiger partial charge < -0.3 is 15.5 Å². The number of piperidine rings is 1. The number of nitrogens with zero attached hydrogens (tertiary/aromatic N) is 3. The number of amides is 1. The number of rotatable bonds is 8. The van der Waals surface area contributed by atoms with E-state index in [9.17, 15) is 4.79 Å². The Morgan fingerprint density at radius 2 is 1.85 bits per heavy atom. The molecule has 1 atom stereocenters. The quantitative estimate of drug-likeness (QED) is 0.608. The highest BCUT2D eigenvalue weighted by Crippen LogP contribution is 2.26. The van der Waals surface area contributed by atoms with Gasteiger partial charge in [-0.1, -0.05) is 31.2 Å². The van der Waals surface area contributed by atoms with Crippen molar-refractivity contribution >= 4 is 17.5 Å². The first kappa shape index (κ1) is 23.2. The Labute approximate surface area is 204 Å². The summed E-state index contributed by atoms with van der Waals surface area (Å²) in [6.45, 7) is 8.06. The summed E-state index contributed by atoms with van der Waals surface area (Å²) in [7, 11) is 0. The van der Waals surface area contributed by atoms with Crippen LogP contribution in [0, 0.1) is 5.92 Å². The third kappa shape index (κ3) is 5.72. The number of pyridine rings is 1. The Morgan fingerprint density at radius 1 is 1.06 bits per heavy atom. The van der Waals surface area contributed by atoms with Crippen molar-refractivity contribution in [3.05, 3.63) is 53.1 Å². The zero-order valence-electron chi connectivity index (χ0n) is 20.6. The van der Waals surface area contributed by atoms with E-state index < -0.39 is 0 Å². The lowest BCUT2D eigenvalue weighted by Crippen LogP contribution is -2.38. The number of hydrogen-bond donors (Lipinski definition) is 2. The van der Waals surface area contributed by atoms with E-state index in [1.807, 2.05) is 12.1 Å². The predicted molar refractivity (Wildman–Crippen MR) is 138 cm³/mol. The second kappa shape index (κ2) is 10.8. The van der Waals surface area contributed by atoms with Gasteiger partial charge in [-0.25, -0.2) is 4.98 Å². The Kier molecular flexibility index (Phi) is 7.33. The molecule has 6 nitrogen and oxygen atoms in total. The minimum atomic E-state index is 0.00755. The number of fused-ring (bicyclic) bond motifs is 1. The van der Waals surface area contributed by atoms with Crippen LogP contribution in [0.15, 0.2) is 36.4 Å². The number of hydrogen-bond acceptors (Lipinski definition) is 5. The van der Waals surface area contributed by atoms with Crippen LogP contribution in [-0.4, -0.2) is 54.6 Å². The van der Waals surface area contributed by atoms with E-state index in [1.54, 1.807) is 0 Å². The zero-order chi connectivity index (χ0) is 23.3. The summed E-state index contributed by atoms with van der Waals surface area (Å²) in [6.07, 6.45) is 8.44. The van der Waals surface area contributed by atoms with E-state index in [0.29, 0.717) is 18.5 Å². The fourth-order valence-electron chi connectivity index (χ4n) is 5.35. The molecule has 1 aromatic heterocycles. The molecular weight excluding hydrogens is 422 g/mol. The molecule has 2 aromatic rings. The number of aromatic nitrogens is 1. The summed E-state index contributed by atoms with van der Waals surface area (Å²) >= 11 is 0. The van der Waals surface area contributed by atoms with E-state index in [2.05, 4.69) is 51.6 Å². The van der Waals surface area contributed by atoms with E-state index >= 15 is 0 Å². The van der Waals surface area contributed by atoms with Gasteiger partial charge in [-0.3, -0.25) is 9.69 Å². The molecule has 0 spiro atoms. The van der Waals surface area contributed by atoms with E-state index in [-0.39, 0.29) is 5.91 Å². The molecule has 2 fully saturated rings. The van der Waals surface area contributed by atoms with Crippen molar-refractivity contribution in [2.75, 3.05) is 42.9 Å². The van der Waals surface area contributed by atoms with Gasteiger partial charge >= 0.3 is 0 Å². The van der Waals surface area contributed by atoms with Crippen molar-refractivity contribution in [1.82, 2.24) is 15.2 Å². The van der Waals surface area contributed by atoms with Crippen LogP contribution in [0.25, 0.3) is 0 Å². The number of benzene rings is 1. The highest BCUT2D eigenvalue weighted by molar-refractivity contribution is 5.95. The lowest BCUT2D eigenvalue weighted by atomic mass is 9.93. The molecule has 6 heteroatoms. The Bertz CT molecular complexity index is 983. The van der Waals surface area contributed by atoms with Crippen LogP contribution in [0.4, 0.5) is 11.6 Å². The minimum Gasteiger partial charge on any atom is -0.367 e. The first-order chi connectivity index (χ1) is 16.6. The minimum absolute atomic E-state index is 0.00755. The molecule has 0 bridgehead atoms. The van der Waals surface area contributed by atoms with Crippen molar-refractivity contribution in [3.8, 4) is 0 Å². The summed E-state index contributed by atoms with van der Waals surface area (Å²) in [5, 5.41) is 6.76. The summed E-state index contributed by atoms with van der Waals surface area (Å²) in [5.74, 6) is 2.19. The molecule has 2 aliphatic heterocycles. The molecule has 34 heavy (non-hydrogen) atoms. The molecule has 1 aromatic carbocycles. The molecule has 1 aliphatic carbocycles. The number of carbonyl (C=O) groups excluding carboxylic acids is 1. The van der Waals surface area contributed by atoms with Gasteiger partial charge in [-0.05, 0) is 74.1 Å². The molecule has 5 rings (SSSR count). The molecule has 1 saturated carbocycles. The van der Waals surface area contributed by atoms with Crippen LogP contribution < -0.4 is 15.5 Å². The molecular formula is C28H39N5O. The van der Waals surface area contributed by atoms with Crippen LogP contribution in [0.3, 0.4) is 0 Å². The summed E-state index contributed by atoms with van der Waals surface area (Å²) in [5.41, 5.74) is 3.64. The monoisotopic (exact) mass is 461 g/mol. The zero-order valence-corrected chi connectivity index (χ0v) is 20.6. The van der Waals surface area contributed by atoms with Gasteiger partial charge in [-0.15, -0.1) is 0 Å². The molecule has 3 heterocycles. The van der Waals surface area contributed by atoms with Gasteiger partial charge in [0.2, 0.25) is 0 Å². The highest BCUT2D eigenvalue weighted by Gasteiger charge is 2.22. The lowest BCUT2D eigenvalue weighted by Gasteiger charge is -2.31. The van der Waals surface area contributed by atoms with Gasteiger partial charge in [0.15, 0.2) is 0 Å². The van der Waals surface area contributed by atoms with Crippen LogP contribution in [0.2, 0.25) is 0 Å². The van der Waals surface area contributed by atoms with Crippen LogP contribution in [-0.2, 0) is 13.0 Å². The fraction of sp³-hybridized carbons (Fsp3) is 0.571. The van der Waals surface area contributed by atoms with E-state index in [1.165, 1.54) is 49.7 Å². The largest absolute Gasteiger partial charge is 0.367 e. The van der Waals surface area contributed by atoms with Crippen LogP contribution in [0.1, 0.15) is 66.9 Å². The van der Waals surface area contributed by atoms with E-state index in [0.717, 1.165) is 56.3 Å². The molecule has 0 unspecified atom stereocenters. The average Bonchev–Trinajstić information content (AvgIpc) is 2.85. The molecule has 3 aliphatic rings. The maximum Gasteiger partial charge on any atom is 0.251 e. The van der Waals surface area contributed by atoms with Crippen LogP contribution >= 0.6 is 0 Å². The van der Waals surface area contributed by atoms with Crippen molar-refractivity contribution < 1.29 is 4.79 Å². The van der Waals surface area contributed by atoms with Crippen molar-refractivity contribution in [1.29, 1.82) is 0 Å². The second-order valence-corrected chi connectivity index (χ2v) is 10.5. The van der Waals surface area contributed by atoms with Gasteiger partial charge in [0, 0.05) is 50.9 Å². The molecule has 182 valence electrons. The number of nitrogens with one attached hydrogen (secondary N) is 2. The SMILES string of the molecule is C[C@@H](CNC(=O)c1cc(NC2CCC2)nc(N2CCCCC2)c1)CN1CCc2ccccc2C1. The van der Waals surface area contributed by atoms with Crippen molar-refractivity contribution in [2.24, 2.45) is 5.92 Å². The fourth-order valence-corrected chi connectivity index (χ4v) is 5.35. The first-order valence-corrected chi connectivity index (χ1v) is 13.2. The highest BCUT2D eigenvalue weighted by atomic mass is 16.1.